The number of Topliss-reactive ketones (excluding diaryl/α,β-unsaturated/α-hetero) is 1. The lowest BCUT2D eigenvalue weighted by Crippen LogP contribution is -2.42. The molecule has 2 unspecified atom stereocenters. The van der Waals surface area contributed by atoms with Crippen molar-refractivity contribution in [1.82, 2.24) is 5.32 Å². The van der Waals surface area contributed by atoms with Gasteiger partial charge in [-0.25, -0.2) is 4.79 Å². The van der Waals surface area contributed by atoms with Gasteiger partial charge in [0, 0.05) is 18.4 Å². The largest absolute Gasteiger partial charge is 0.467 e. The second-order valence-corrected chi connectivity index (χ2v) is 5.88. The molecule has 0 aromatic heterocycles. The molecule has 0 spiro atoms. The summed E-state index contributed by atoms with van der Waals surface area (Å²) in [7, 11) is 1.19. The lowest BCUT2D eigenvalue weighted by atomic mass is 10.0. The van der Waals surface area contributed by atoms with E-state index in [1.165, 1.54) is 7.11 Å². The lowest BCUT2D eigenvalue weighted by Gasteiger charge is -2.17. The predicted octanol–water partition coefficient (Wildman–Crippen LogP) is 1.05. The number of hydrogen-bond acceptors (Lipinski definition) is 6. The highest BCUT2D eigenvalue weighted by Crippen LogP contribution is 2.20. The summed E-state index contributed by atoms with van der Waals surface area (Å²) < 4.78 is 9.58. The fraction of sp³-hybridized carbons (Fsp3) is 0.444. The van der Waals surface area contributed by atoms with Crippen molar-refractivity contribution in [3.63, 3.8) is 0 Å². The van der Waals surface area contributed by atoms with Crippen LogP contribution in [0.5, 0.6) is 0 Å². The van der Waals surface area contributed by atoms with Crippen LogP contribution in [-0.4, -0.2) is 49.4 Å². The van der Waals surface area contributed by atoms with Crippen LogP contribution in [0.4, 0.5) is 5.69 Å². The average Bonchev–Trinajstić information content (AvgIpc) is 3.46. The molecule has 1 aromatic rings. The number of ether oxygens (including phenoxy) is 2. The molecular weight excluding hydrogens is 340 g/mol. The van der Waals surface area contributed by atoms with Gasteiger partial charge in [0.15, 0.2) is 11.9 Å². The van der Waals surface area contributed by atoms with Crippen LogP contribution in [-0.2, 0) is 23.9 Å². The molecule has 2 N–H and O–H groups in total. The molecule has 140 valence electrons. The number of esters is 1. The number of amides is 2. The third-order valence-electron chi connectivity index (χ3n) is 3.80. The van der Waals surface area contributed by atoms with Crippen LogP contribution in [0.2, 0.25) is 0 Å². The van der Waals surface area contributed by atoms with E-state index in [1.54, 1.807) is 24.3 Å². The zero-order chi connectivity index (χ0) is 19.1. The van der Waals surface area contributed by atoms with Gasteiger partial charge in [-0.2, -0.15) is 0 Å². The topological polar surface area (TPSA) is 114 Å². The third kappa shape index (κ3) is 5.38. The third-order valence-corrected chi connectivity index (χ3v) is 3.80. The van der Waals surface area contributed by atoms with Crippen molar-refractivity contribution in [2.45, 2.75) is 38.3 Å². The molecule has 0 radical (unpaired) electrons. The molecule has 2 atom stereocenters. The maximum absolute atomic E-state index is 12.7. The van der Waals surface area contributed by atoms with Gasteiger partial charge in [0.2, 0.25) is 5.91 Å². The fourth-order valence-corrected chi connectivity index (χ4v) is 2.37. The SMILES string of the molecule is CCCC(=O)NC(CC(=O)c1ccccc1NC(=O)C1CO1)C(=O)OC. The molecule has 1 heterocycles. The van der Waals surface area contributed by atoms with Gasteiger partial charge < -0.3 is 20.1 Å². The highest BCUT2D eigenvalue weighted by atomic mass is 16.6. The van der Waals surface area contributed by atoms with Crippen LogP contribution >= 0.6 is 0 Å². The smallest absolute Gasteiger partial charge is 0.328 e. The minimum Gasteiger partial charge on any atom is -0.467 e. The van der Waals surface area contributed by atoms with Crippen molar-refractivity contribution in [3.05, 3.63) is 29.8 Å². The highest BCUT2D eigenvalue weighted by molar-refractivity contribution is 6.07. The van der Waals surface area contributed by atoms with Gasteiger partial charge in [0.1, 0.15) is 6.04 Å². The Bertz CT molecular complexity index is 699. The Morgan fingerprint density at radius 2 is 1.96 bits per heavy atom. The maximum atomic E-state index is 12.7. The number of nitrogens with one attached hydrogen (secondary N) is 2. The first-order valence-corrected chi connectivity index (χ1v) is 8.38. The van der Waals surface area contributed by atoms with Crippen LogP contribution in [0.3, 0.4) is 0 Å². The van der Waals surface area contributed by atoms with Crippen molar-refractivity contribution >= 4 is 29.3 Å². The Morgan fingerprint density at radius 1 is 1.27 bits per heavy atom. The van der Waals surface area contributed by atoms with Crippen molar-refractivity contribution in [1.29, 1.82) is 0 Å². The molecule has 1 aliphatic rings. The van der Waals surface area contributed by atoms with E-state index in [9.17, 15) is 19.2 Å². The van der Waals surface area contributed by atoms with Crippen molar-refractivity contribution in [3.8, 4) is 0 Å². The summed E-state index contributed by atoms with van der Waals surface area (Å²) in [6.07, 6.45) is 0.102. The molecule has 8 nitrogen and oxygen atoms in total. The van der Waals surface area contributed by atoms with Gasteiger partial charge in [0.05, 0.1) is 19.4 Å². The number of para-hydroxylation sites is 1. The van der Waals surface area contributed by atoms with Crippen LogP contribution in [0, 0.1) is 0 Å². The van der Waals surface area contributed by atoms with Crippen molar-refractivity contribution in [2.75, 3.05) is 19.0 Å². The van der Waals surface area contributed by atoms with E-state index in [0.717, 1.165) is 0 Å². The van der Waals surface area contributed by atoms with Gasteiger partial charge in [0.25, 0.3) is 5.91 Å². The van der Waals surface area contributed by atoms with Crippen molar-refractivity contribution < 1.29 is 28.7 Å². The van der Waals surface area contributed by atoms with E-state index in [4.69, 9.17) is 4.74 Å². The quantitative estimate of drug-likeness (QED) is 0.386. The van der Waals surface area contributed by atoms with Gasteiger partial charge in [-0.3, -0.25) is 14.4 Å². The van der Waals surface area contributed by atoms with Gasteiger partial charge in [-0.05, 0) is 18.6 Å². The summed E-state index contributed by atoms with van der Waals surface area (Å²) in [5, 5.41) is 5.16. The molecule has 1 aromatic carbocycles. The Balaban J connectivity index is 2.11. The van der Waals surface area contributed by atoms with E-state index >= 15 is 0 Å². The standard InChI is InChI=1S/C18H22N2O6/c1-3-6-16(22)19-13(18(24)25-2)9-14(21)11-7-4-5-8-12(11)20-17(23)15-10-26-15/h4-5,7-8,13,15H,3,6,9-10H2,1-2H3,(H,19,22)(H,20,23). The first-order valence-electron chi connectivity index (χ1n) is 8.38. The van der Waals surface area contributed by atoms with Gasteiger partial charge in [-0.1, -0.05) is 19.1 Å². The molecule has 1 saturated heterocycles. The van der Waals surface area contributed by atoms with Crippen LogP contribution < -0.4 is 10.6 Å². The number of hydrogen-bond donors (Lipinski definition) is 2. The zero-order valence-electron chi connectivity index (χ0n) is 14.7. The number of carbonyl (C=O) groups excluding carboxylic acids is 4. The minimum absolute atomic E-state index is 0.246. The number of benzene rings is 1. The van der Waals surface area contributed by atoms with E-state index < -0.39 is 23.9 Å². The summed E-state index contributed by atoms with van der Waals surface area (Å²) in [5.74, 6) is -1.75. The molecule has 2 rings (SSSR count). The molecule has 26 heavy (non-hydrogen) atoms. The Labute approximate surface area is 151 Å². The Morgan fingerprint density at radius 3 is 2.58 bits per heavy atom. The normalized spacial score (nSPS) is 16.3. The summed E-state index contributed by atoms with van der Waals surface area (Å²) in [5.41, 5.74) is 0.585. The molecular formula is C18H22N2O6. The number of epoxide rings is 1. The number of rotatable bonds is 9. The monoisotopic (exact) mass is 362 g/mol. The van der Waals surface area contributed by atoms with E-state index in [-0.39, 0.29) is 30.2 Å². The minimum atomic E-state index is -1.08. The second-order valence-electron chi connectivity index (χ2n) is 5.88. The molecule has 1 aliphatic heterocycles. The molecule has 8 heteroatoms. The van der Waals surface area contributed by atoms with Crippen LogP contribution in [0.15, 0.2) is 24.3 Å². The van der Waals surface area contributed by atoms with E-state index in [2.05, 4.69) is 15.4 Å². The Hall–Kier alpha value is -2.74. The first kappa shape index (κ1) is 19.6. The number of carbonyl (C=O) groups is 4. The summed E-state index contributed by atoms with van der Waals surface area (Å²) in [6, 6.07) is 5.40. The summed E-state index contributed by atoms with van der Waals surface area (Å²) in [4.78, 5) is 48.2. The summed E-state index contributed by atoms with van der Waals surface area (Å²) >= 11 is 0. The average molecular weight is 362 g/mol. The molecule has 0 aliphatic carbocycles. The van der Waals surface area contributed by atoms with Gasteiger partial charge >= 0.3 is 5.97 Å². The van der Waals surface area contributed by atoms with E-state index in [0.29, 0.717) is 18.7 Å². The van der Waals surface area contributed by atoms with Gasteiger partial charge in [-0.15, -0.1) is 0 Å². The number of anilines is 1. The summed E-state index contributed by atoms with van der Waals surface area (Å²) in [6.45, 7) is 2.19. The fourth-order valence-electron chi connectivity index (χ4n) is 2.37. The molecule has 0 saturated carbocycles. The predicted molar refractivity (Wildman–Crippen MR) is 92.6 cm³/mol. The number of ketones is 1. The Kier molecular flexibility index (Phi) is 6.85. The molecule has 1 fully saturated rings. The second kappa shape index (κ2) is 9.10. The maximum Gasteiger partial charge on any atom is 0.328 e. The zero-order valence-corrected chi connectivity index (χ0v) is 14.7. The van der Waals surface area contributed by atoms with Crippen LogP contribution in [0.25, 0.3) is 0 Å². The lowest BCUT2D eigenvalue weighted by molar-refractivity contribution is -0.145. The van der Waals surface area contributed by atoms with Crippen molar-refractivity contribution in [2.24, 2.45) is 0 Å². The molecule has 0 bridgehead atoms. The highest BCUT2D eigenvalue weighted by Gasteiger charge is 2.32. The molecule has 2 amide bonds. The number of methoxy groups -OCH3 is 1. The van der Waals surface area contributed by atoms with Crippen LogP contribution in [0.1, 0.15) is 36.5 Å². The van der Waals surface area contributed by atoms with E-state index in [1.807, 2.05) is 6.92 Å². The first-order chi connectivity index (χ1) is 12.5.